The molecule has 0 saturated carbocycles. The Hall–Kier alpha value is -1.34. The molecule has 21 heavy (non-hydrogen) atoms. The molecule has 0 bridgehead atoms. The number of piperazine rings is 1. The zero-order chi connectivity index (χ0) is 15.1. The van der Waals surface area contributed by atoms with Crippen molar-refractivity contribution in [2.24, 2.45) is 0 Å². The fourth-order valence-electron chi connectivity index (χ4n) is 2.58. The number of hydrogen-bond acceptors (Lipinski definition) is 4. The van der Waals surface area contributed by atoms with Gasteiger partial charge in [-0.1, -0.05) is 6.92 Å². The van der Waals surface area contributed by atoms with E-state index in [4.69, 9.17) is 4.74 Å². The minimum Gasteiger partial charge on any atom is -0.378 e. The summed E-state index contributed by atoms with van der Waals surface area (Å²) in [5.74, 6) is 0.0739. The van der Waals surface area contributed by atoms with Crippen molar-refractivity contribution in [1.82, 2.24) is 20.0 Å². The van der Waals surface area contributed by atoms with Crippen molar-refractivity contribution in [2.45, 2.75) is 13.3 Å². The van der Waals surface area contributed by atoms with E-state index >= 15 is 0 Å². The van der Waals surface area contributed by atoms with Crippen LogP contribution in [0.3, 0.4) is 0 Å². The summed E-state index contributed by atoms with van der Waals surface area (Å²) in [6.07, 6.45) is 0.952. The first-order valence-corrected chi connectivity index (χ1v) is 7.81. The Balaban J connectivity index is 1.70. The Morgan fingerprint density at radius 1 is 1.00 bits per heavy atom. The molecule has 7 nitrogen and oxygen atoms in total. The molecule has 2 rings (SSSR count). The molecule has 7 heteroatoms. The van der Waals surface area contributed by atoms with Crippen molar-refractivity contribution < 1.29 is 14.3 Å². The van der Waals surface area contributed by atoms with Crippen molar-refractivity contribution in [3.63, 3.8) is 0 Å². The first-order chi connectivity index (χ1) is 10.2. The number of nitrogens with zero attached hydrogens (tertiary/aromatic N) is 3. The SMILES string of the molecule is CCCNC(=O)CN1CCN(C(=O)N2CCOCC2)CC1. The second kappa shape index (κ2) is 8.19. The molecule has 2 fully saturated rings. The number of carbonyl (C=O) groups is 2. The van der Waals surface area contributed by atoms with Crippen LogP contribution in [-0.2, 0) is 9.53 Å². The minimum atomic E-state index is 0.0739. The van der Waals surface area contributed by atoms with Crippen LogP contribution in [0.4, 0.5) is 4.79 Å². The highest BCUT2D eigenvalue weighted by Crippen LogP contribution is 2.07. The molecular formula is C14H26N4O3. The van der Waals surface area contributed by atoms with E-state index in [1.807, 2.05) is 16.7 Å². The van der Waals surface area contributed by atoms with Crippen LogP contribution in [0.1, 0.15) is 13.3 Å². The fraction of sp³-hybridized carbons (Fsp3) is 0.857. The molecule has 0 aromatic heterocycles. The van der Waals surface area contributed by atoms with Crippen molar-refractivity contribution >= 4 is 11.9 Å². The summed E-state index contributed by atoms with van der Waals surface area (Å²) in [6, 6.07) is 0.105. The quantitative estimate of drug-likeness (QED) is 0.766. The number of urea groups is 1. The van der Waals surface area contributed by atoms with Gasteiger partial charge >= 0.3 is 6.03 Å². The smallest absolute Gasteiger partial charge is 0.320 e. The predicted molar refractivity (Wildman–Crippen MR) is 79.1 cm³/mol. The number of rotatable bonds is 4. The van der Waals surface area contributed by atoms with Crippen LogP contribution in [-0.4, -0.2) is 92.2 Å². The van der Waals surface area contributed by atoms with Gasteiger partial charge in [-0.25, -0.2) is 4.79 Å². The van der Waals surface area contributed by atoms with E-state index < -0.39 is 0 Å². The fourth-order valence-corrected chi connectivity index (χ4v) is 2.58. The van der Waals surface area contributed by atoms with Crippen molar-refractivity contribution in [1.29, 1.82) is 0 Å². The Kier molecular flexibility index (Phi) is 6.25. The molecule has 0 aliphatic carbocycles. The van der Waals surface area contributed by atoms with E-state index in [0.717, 1.165) is 26.1 Å². The van der Waals surface area contributed by atoms with Gasteiger partial charge in [0.05, 0.1) is 19.8 Å². The Morgan fingerprint density at radius 2 is 1.62 bits per heavy atom. The molecule has 0 atom stereocenters. The zero-order valence-corrected chi connectivity index (χ0v) is 12.8. The summed E-state index contributed by atoms with van der Waals surface area (Å²) in [6.45, 7) is 8.72. The first kappa shape index (κ1) is 16.0. The number of ether oxygens (including phenoxy) is 1. The van der Waals surface area contributed by atoms with Crippen LogP contribution in [0.25, 0.3) is 0 Å². The van der Waals surface area contributed by atoms with E-state index in [0.29, 0.717) is 45.9 Å². The topological polar surface area (TPSA) is 65.1 Å². The molecule has 0 spiro atoms. The summed E-state index contributed by atoms with van der Waals surface area (Å²) in [7, 11) is 0. The highest BCUT2D eigenvalue weighted by atomic mass is 16.5. The van der Waals surface area contributed by atoms with Crippen LogP contribution >= 0.6 is 0 Å². The molecule has 2 aliphatic heterocycles. The Bertz CT molecular complexity index is 350. The molecule has 2 aliphatic rings. The van der Waals surface area contributed by atoms with Gasteiger partial charge in [0.15, 0.2) is 0 Å². The van der Waals surface area contributed by atoms with Crippen molar-refractivity contribution in [3.8, 4) is 0 Å². The largest absolute Gasteiger partial charge is 0.378 e. The van der Waals surface area contributed by atoms with Gasteiger partial charge in [0, 0.05) is 45.8 Å². The van der Waals surface area contributed by atoms with Gasteiger partial charge in [0.2, 0.25) is 5.91 Å². The maximum atomic E-state index is 12.3. The average Bonchev–Trinajstić information content (AvgIpc) is 2.54. The molecule has 3 amide bonds. The normalized spacial score (nSPS) is 20.4. The third-order valence-electron chi connectivity index (χ3n) is 3.86. The van der Waals surface area contributed by atoms with Crippen LogP contribution in [0, 0.1) is 0 Å². The second-order valence-corrected chi connectivity index (χ2v) is 5.50. The maximum absolute atomic E-state index is 12.3. The molecule has 0 aromatic carbocycles. The van der Waals surface area contributed by atoms with E-state index in [9.17, 15) is 9.59 Å². The van der Waals surface area contributed by atoms with Gasteiger partial charge in [0.25, 0.3) is 0 Å². The van der Waals surface area contributed by atoms with Crippen molar-refractivity contribution in [2.75, 3.05) is 65.6 Å². The lowest BCUT2D eigenvalue weighted by molar-refractivity contribution is -0.122. The number of amides is 3. The van der Waals surface area contributed by atoms with E-state index in [1.54, 1.807) is 0 Å². The number of morpholine rings is 1. The minimum absolute atomic E-state index is 0.0739. The van der Waals surface area contributed by atoms with Crippen molar-refractivity contribution in [3.05, 3.63) is 0 Å². The maximum Gasteiger partial charge on any atom is 0.320 e. The Morgan fingerprint density at radius 3 is 2.24 bits per heavy atom. The molecule has 2 heterocycles. The Labute approximate surface area is 126 Å². The molecule has 2 saturated heterocycles. The monoisotopic (exact) mass is 298 g/mol. The van der Waals surface area contributed by atoms with Gasteiger partial charge in [0.1, 0.15) is 0 Å². The van der Waals surface area contributed by atoms with Crippen LogP contribution in [0.5, 0.6) is 0 Å². The van der Waals surface area contributed by atoms with Gasteiger partial charge in [-0.3, -0.25) is 9.69 Å². The molecular weight excluding hydrogens is 272 g/mol. The van der Waals surface area contributed by atoms with Crippen LogP contribution < -0.4 is 5.32 Å². The standard InChI is InChI=1S/C14H26N4O3/c1-2-3-15-13(19)12-16-4-6-17(7-5-16)14(20)18-8-10-21-11-9-18/h2-12H2,1H3,(H,15,19). The molecule has 0 aromatic rings. The van der Waals surface area contributed by atoms with E-state index in [2.05, 4.69) is 10.2 Å². The third kappa shape index (κ3) is 4.86. The number of carbonyl (C=O) groups excluding carboxylic acids is 2. The lowest BCUT2D eigenvalue weighted by Gasteiger charge is -2.38. The summed E-state index contributed by atoms with van der Waals surface area (Å²) in [5.41, 5.74) is 0. The first-order valence-electron chi connectivity index (χ1n) is 7.81. The molecule has 0 unspecified atom stereocenters. The summed E-state index contributed by atoms with van der Waals surface area (Å²) in [5, 5.41) is 2.88. The molecule has 120 valence electrons. The van der Waals surface area contributed by atoms with Crippen LogP contribution in [0.2, 0.25) is 0 Å². The predicted octanol–water partition coefficient (Wildman–Crippen LogP) is -0.418. The molecule has 1 N–H and O–H groups in total. The zero-order valence-electron chi connectivity index (χ0n) is 12.8. The van der Waals surface area contributed by atoms with Gasteiger partial charge in [-0.05, 0) is 6.42 Å². The lowest BCUT2D eigenvalue weighted by Crippen LogP contribution is -2.55. The number of hydrogen-bond donors (Lipinski definition) is 1. The number of nitrogens with one attached hydrogen (secondary N) is 1. The van der Waals surface area contributed by atoms with Gasteiger partial charge < -0.3 is 19.9 Å². The van der Waals surface area contributed by atoms with Gasteiger partial charge in [-0.15, -0.1) is 0 Å². The second-order valence-electron chi connectivity index (χ2n) is 5.50. The van der Waals surface area contributed by atoms with Crippen LogP contribution in [0.15, 0.2) is 0 Å². The summed E-state index contributed by atoms with van der Waals surface area (Å²) < 4.78 is 5.27. The van der Waals surface area contributed by atoms with E-state index in [1.165, 1.54) is 0 Å². The summed E-state index contributed by atoms with van der Waals surface area (Å²) in [4.78, 5) is 29.8. The third-order valence-corrected chi connectivity index (χ3v) is 3.86. The lowest BCUT2D eigenvalue weighted by atomic mass is 10.3. The molecule has 0 radical (unpaired) electrons. The average molecular weight is 298 g/mol. The highest BCUT2D eigenvalue weighted by molar-refractivity contribution is 5.78. The highest BCUT2D eigenvalue weighted by Gasteiger charge is 2.26. The summed E-state index contributed by atoms with van der Waals surface area (Å²) >= 11 is 0. The van der Waals surface area contributed by atoms with Gasteiger partial charge in [-0.2, -0.15) is 0 Å². The van der Waals surface area contributed by atoms with E-state index in [-0.39, 0.29) is 11.9 Å².